The largest absolute Gasteiger partial charge is 0.382 e. The van der Waals surface area contributed by atoms with Gasteiger partial charge in [0.1, 0.15) is 11.6 Å². The Bertz CT molecular complexity index is 917. The van der Waals surface area contributed by atoms with E-state index >= 15 is 0 Å². The highest BCUT2D eigenvalue weighted by atomic mass is 35.5. The molecule has 0 unspecified atom stereocenters. The number of aryl methyl sites for hydroxylation is 1. The van der Waals surface area contributed by atoms with Crippen LogP contribution in [0.15, 0.2) is 27.0 Å². The van der Waals surface area contributed by atoms with Crippen molar-refractivity contribution in [3.63, 3.8) is 0 Å². The third-order valence-electron chi connectivity index (χ3n) is 5.21. The summed E-state index contributed by atoms with van der Waals surface area (Å²) < 4.78 is 0. The maximum absolute atomic E-state index is 6.35. The van der Waals surface area contributed by atoms with Gasteiger partial charge in [0.05, 0.1) is 17.3 Å². The second-order valence-electron chi connectivity index (χ2n) is 7.46. The topological polar surface area (TPSA) is 93.4 Å². The first-order valence-corrected chi connectivity index (χ1v) is 10.2. The van der Waals surface area contributed by atoms with Crippen LogP contribution >= 0.6 is 23.4 Å². The molecule has 0 radical (unpaired) electrons. The molecule has 0 atom stereocenters. The standard InChI is InChI=1S/C19H23ClN6S/c1-11-16(27-14-3-6-24-17(21)15(14)20)12-9-23-10-13(12)18(25-11)26-7-4-19(2,22)5-8-26/h3,6,10H,4-5,7-9,22H2,1-2H3,(H2,21,24). The fourth-order valence-electron chi connectivity index (χ4n) is 3.50. The van der Waals surface area contributed by atoms with Crippen LogP contribution in [0, 0.1) is 6.92 Å². The molecule has 1 saturated heterocycles. The molecule has 8 heteroatoms. The van der Waals surface area contributed by atoms with E-state index in [9.17, 15) is 0 Å². The molecule has 6 nitrogen and oxygen atoms in total. The first kappa shape index (κ1) is 18.5. The van der Waals surface area contributed by atoms with E-state index in [2.05, 4.69) is 21.8 Å². The number of halogens is 1. The molecule has 4 rings (SSSR count). The number of fused-ring (bicyclic) bond motifs is 1. The van der Waals surface area contributed by atoms with Crippen molar-refractivity contribution in [3.8, 4) is 0 Å². The summed E-state index contributed by atoms with van der Waals surface area (Å²) in [4.78, 5) is 17.8. The normalized spacial score (nSPS) is 18.0. The van der Waals surface area contributed by atoms with Crippen LogP contribution in [0.2, 0.25) is 5.02 Å². The first-order chi connectivity index (χ1) is 12.9. The molecule has 2 aliphatic heterocycles. The Kier molecular flexibility index (Phi) is 4.78. The van der Waals surface area contributed by atoms with E-state index in [1.165, 1.54) is 5.56 Å². The molecule has 27 heavy (non-hydrogen) atoms. The molecule has 142 valence electrons. The second kappa shape index (κ2) is 6.96. The lowest BCUT2D eigenvalue weighted by Gasteiger charge is -2.38. The average molecular weight is 403 g/mol. The van der Waals surface area contributed by atoms with Crippen LogP contribution < -0.4 is 16.4 Å². The molecular weight excluding hydrogens is 380 g/mol. The van der Waals surface area contributed by atoms with Gasteiger partial charge >= 0.3 is 0 Å². The van der Waals surface area contributed by atoms with Crippen molar-refractivity contribution in [3.05, 3.63) is 34.1 Å². The zero-order chi connectivity index (χ0) is 19.2. The van der Waals surface area contributed by atoms with Crippen molar-refractivity contribution < 1.29 is 0 Å². The Morgan fingerprint density at radius 3 is 2.78 bits per heavy atom. The van der Waals surface area contributed by atoms with Crippen LogP contribution in [0.1, 0.15) is 36.6 Å². The minimum atomic E-state index is -0.0867. The molecule has 0 spiro atoms. The summed E-state index contributed by atoms with van der Waals surface area (Å²) >= 11 is 7.93. The predicted molar refractivity (Wildman–Crippen MR) is 112 cm³/mol. The quantitative estimate of drug-likeness (QED) is 0.816. The van der Waals surface area contributed by atoms with Crippen LogP contribution in [0.25, 0.3) is 0 Å². The van der Waals surface area contributed by atoms with Gasteiger partial charge in [0.2, 0.25) is 0 Å². The average Bonchev–Trinajstić information content (AvgIpc) is 3.10. The van der Waals surface area contributed by atoms with Crippen molar-refractivity contribution >= 4 is 41.2 Å². The summed E-state index contributed by atoms with van der Waals surface area (Å²) in [5, 5.41) is 0.483. The number of hydrogen-bond acceptors (Lipinski definition) is 7. The van der Waals surface area contributed by atoms with Crippen LogP contribution in [0.4, 0.5) is 11.6 Å². The lowest BCUT2D eigenvalue weighted by molar-refractivity contribution is 0.363. The fourth-order valence-corrected chi connectivity index (χ4v) is 4.76. The molecule has 2 aromatic heterocycles. The number of nitrogen functional groups attached to an aromatic ring is 1. The molecule has 0 amide bonds. The Labute approximate surface area is 168 Å². The van der Waals surface area contributed by atoms with Gasteiger partial charge in [-0.3, -0.25) is 4.99 Å². The van der Waals surface area contributed by atoms with E-state index in [-0.39, 0.29) is 5.54 Å². The molecule has 4 heterocycles. The second-order valence-corrected chi connectivity index (χ2v) is 8.89. The van der Waals surface area contributed by atoms with Crippen molar-refractivity contribution in [1.29, 1.82) is 0 Å². The van der Waals surface area contributed by atoms with E-state index in [0.717, 1.165) is 52.8 Å². The summed E-state index contributed by atoms with van der Waals surface area (Å²) in [5.74, 6) is 1.36. The minimum absolute atomic E-state index is 0.0867. The highest BCUT2D eigenvalue weighted by Crippen LogP contribution is 2.42. The van der Waals surface area contributed by atoms with E-state index in [4.69, 9.17) is 28.1 Å². The number of rotatable bonds is 3. The number of nitrogens with two attached hydrogens (primary N) is 2. The third kappa shape index (κ3) is 3.51. The van der Waals surface area contributed by atoms with Crippen molar-refractivity contribution in [2.75, 3.05) is 23.7 Å². The number of aromatic nitrogens is 2. The van der Waals surface area contributed by atoms with E-state index in [1.54, 1.807) is 18.0 Å². The number of hydrogen-bond donors (Lipinski definition) is 2. The zero-order valence-corrected chi connectivity index (χ0v) is 17.1. The SMILES string of the molecule is Cc1nc(N2CCC(C)(N)CC2)c2c(c1Sc1ccnc(N)c1Cl)CN=C2. The Morgan fingerprint density at radius 1 is 1.30 bits per heavy atom. The zero-order valence-electron chi connectivity index (χ0n) is 15.5. The number of pyridine rings is 2. The molecule has 0 aliphatic carbocycles. The summed E-state index contributed by atoms with van der Waals surface area (Å²) in [7, 11) is 0. The van der Waals surface area contributed by atoms with Crippen molar-refractivity contribution in [1.82, 2.24) is 9.97 Å². The summed E-state index contributed by atoms with van der Waals surface area (Å²) in [6, 6.07) is 1.88. The maximum atomic E-state index is 6.35. The van der Waals surface area contributed by atoms with Gasteiger partial charge in [0, 0.05) is 52.0 Å². The number of aliphatic imine (C=N–C) groups is 1. The van der Waals surface area contributed by atoms with Crippen LogP contribution in [-0.2, 0) is 6.54 Å². The fraction of sp³-hybridized carbons (Fsp3) is 0.421. The maximum Gasteiger partial charge on any atom is 0.143 e. The monoisotopic (exact) mass is 402 g/mol. The lowest BCUT2D eigenvalue weighted by atomic mass is 9.91. The number of nitrogens with zero attached hydrogens (tertiary/aromatic N) is 4. The van der Waals surface area contributed by atoms with Gasteiger partial charge in [-0.15, -0.1) is 0 Å². The van der Waals surface area contributed by atoms with Gasteiger partial charge in [-0.1, -0.05) is 23.4 Å². The number of piperidine rings is 1. The van der Waals surface area contributed by atoms with Gasteiger partial charge in [-0.25, -0.2) is 9.97 Å². The molecular formula is C19H23ClN6S. The van der Waals surface area contributed by atoms with E-state index < -0.39 is 0 Å². The number of anilines is 2. The van der Waals surface area contributed by atoms with Gasteiger partial charge in [0.15, 0.2) is 0 Å². The smallest absolute Gasteiger partial charge is 0.143 e. The highest BCUT2D eigenvalue weighted by molar-refractivity contribution is 7.99. The summed E-state index contributed by atoms with van der Waals surface area (Å²) in [5.41, 5.74) is 15.4. The van der Waals surface area contributed by atoms with E-state index in [0.29, 0.717) is 17.4 Å². The summed E-state index contributed by atoms with van der Waals surface area (Å²) in [6.45, 7) is 6.66. The van der Waals surface area contributed by atoms with Crippen LogP contribution in [-0.4, -0.2) is 34.8 Å². The summed E-state index contributed by atoms with van der Waals surface area (Å²) in [6.07, 6.45) is 5.54. The Hall–Kier alpha value is -1.83. The molecule has 2 aromatic rings. The first-order valence-electron chi connectivity index (χ1n) is 9.01. The van der Waals surface area contributed by atoms with Crippen molar-refractivity contribution in [2.45, 2.75) is 48.6 Å². The molecule has 2 aliphatic rings. The van der Waals surface area contributed by atoms with Gasteiger partial charge in [-0.2, -0.15) is 0 Å². The van der Waals surface area contributed by atoms with Crippen molar-refractivity contribution in [2.24, 2.45) is 10.7 Å². The third-order valence-corrected chi connectivity index (χ3v) is 7.03. The molecule has 4 N–H and O–H groups in total. The van der Waals surface area contributed by atoms with Gasteiger partial charge in [-0.05, 0) is 32.8 Å². The van der Waals surface area contributed by atoms with Gasteiger partial charge in [0.25, 0.3) is 0 Å². The molecule has 0 aromatic carbocycles. The minimum Gasteiger partial charge on any atom is -0.382 e. The van der Waals surface area contributed by atoms with Gasteiger partial charge < -0.3 is 16.4 Å². The highest BCUT2D eigenvalue weighted by Gasteiger charge is 2.30. The van der Waals surface area contributed by atoms with E-state index in [1.807, 2.05) is 19.2 Å². The molecule has 1 fully saturated rings. The van der Waals surface area contributed by atoms with Crippen LogP contribution in [0.5, 0.6) is 0 Å². The van der Waals surface area contributed by atoms with Crippen LogP contribution in [0.3, 0.4) is 0 Å². The molecule has 0 saturated carbocycles. The Morgan fingerprint density at radius 2 is 2.04 bits per heavy atom. The lowest BCUT2D eigenvalue weighted by Crippen LogP contribution is -2.48. The molecule has 0 bridgehead atoms. The predicted octanol–water partition coefficient (Wildman–Crippen LogP) is 3.42. The Balaban J connectivity index is 1.70.